The number of amides is 1. The van der Waals surface area contributed by atoms with Crippen LogP contribution in [0.4, 0.5) is 10.1 Å². The molecule has 5 nitrogen and oxygen atoms in total. The van der Waals surface area contributed by atoms with Crippen molar-refractivity contribution in [2.75, 3.05) is 22.9 Å². The molecule has 0 spiro atoms. The summed E-state index contributed by atoms with van der Waals surface area (Å²) in [6.45, 7) is 2.10. The second-order valence-electron chi connectivity index (χ2n) is 6.03. The second kappa shape index (κ2) is 10.1. The lowest BCUT2D eigenvalue weighted by molar-refractivity contribution is -0.122. The van der Waals surface area contributed by atoms with Crippen molar-refractivity contribution in [2.24, 2.45) is 0 Å². The molecule has 0 radical (unpaired) electrons. The van der Waals surface area contributed by atoms with E-state index < -0.39 is 27.8 Å². The topological polar surface area (TPSA) is 66.5 Å². The van der Waals surface area contributed by atoms with Gasteiger partial charge in [-0.25, -0.2) is 12.8 Å². The summed E-state index contributed by atoms with van der Waals surface area (Å²) in [6.07, 6.45) is 1.26. The lowest BCUT2D eigenvalue weighted by Crippen LogP contribution is -2.49. The maximum atomic E-state index is 13.5. The zero-order valence-electron chi connectivity index (χ0n) is 15.6. The van der Waals surface area contributed by atoms with E-state index >= 15 is 0 Å². The molecule has 152 valence electrons. The Kier molecular flexibility index (Phi) is 8.15. The van der Waals surface area contributed by atoms with Crippen molar-refractivity contribution in [3.8, 4) is 0 Å². The molecule has 1 amide bonds. The first-order valence-corrected chi connectivity index (χ1v) is 11.8. The molecule has 0 saturated heterocycles. The summed E-state index contributed by atoms with van der Waals surface area (Å²) in [5, 5.41) is 2.57. The van der Waals surface area contributed by atoms with Crippen LogP contribution in [0, 0.1) is 5.82 Å². The Morgan fingerprint density at radius 1 is 1.25 bits per heavy atom. The molecule has 0 aliphatic rings. The van der Waals surface area contributed by atoms with Crippen molar-refractivity contribution in [2.45, 2.75) is 24.3 Å². The van der Waals surface area contributed by atoms with E-state index in [1.165, 1.54) is 12.1 Å². The van der Waals surface area contributed by atoms with E-state index in [1.54, 1.807) is 18.7 Å². The molecule has 2 aromatic rings. The third-order valence-corrected chi connectivity index (χ3v) is 6.38. The van der Waals surface area contributed by atoms with Gasteiger partial charge in [-0.15, -0.1) is 11.8 Å². The number of nitrogens with one attached hydrogen (secondary N) is 1. The molecule has 2 aromatic carbocycles. The third kappa shape index (κ3) is 6.12. The standard InChI is InChI=1S/C19H22ClFN2O3S2/c1-3-18(19(24)22-11-12-27-15-7-5-4-6-8-15)23(28(2,25)26)14-9-10-17(21)16(20)13-14/h4-10,13,18H,3,11-12H2,1-2H3,(H,22,24). The number of benzene rings is 2. The Bertz CT molecular complexity index is 911. The van der Waals surface area contributed by atoms with Crippen LogP contribution in [0.2, 0.25) is 5.02 Å². The van der Waals surface area contributed by atoms with E-state index in [4.69, 9.17) is 11.6 Å². The van der Waals surface area contributed by atoms with Crippen molar-refractivity contribution in [1.29, 1.82) is 0 Å². The predicted molar refractivity (Wildman–Crippen MR) is 113 cm³/mol. The maximum absolute atomic E-state index is 13.5. The molecule has 1 atom stereocenters. The number of rotatable bonds is 9. The summed E-state index contributed by atoms with van der Waals surface area (Å²) in [6, 6.07) is 12.4. The molecule has 9 heteroatoms. The molecule has 0 aliphatic heterocycles. The van der Waals surface area contributed by atoms with Crippen LogP contribution in [0.3, 0.4) is 0 Å². The molecular weight excluding hydrogens is 423 g/mol. The van der Waals surface area contributed by atoms with E-state index in [9.17, 15) is 17.6 Å². The van der Waals surface area contributed by atoms with Gasteiger partial charge in [0.25, 0.3) is 0 Å². The molecule has 0 bridgehead atoms. The lowest BCUT2D eigenvalue weighted by Gasteiger charge is -2.30. The highest BCUT2D eigenvalue weighted by atomic mass is 35.5. The van der Waals surface area contributed by atoms with Gasteiger partial charge in [0.2, 0.25) is 15.9 Å². The van der Waals surface area contributed by atoms with Gasteiger partial charge in [-0.2, -0.15) is 0 Å². The second-order valence-corrected chi connectivity index (χ2v) is 9.47. The molecule has 0 saturated carbocycles. The Hall–Kier alpha value is -1.77. The Balaban J connectivity index is 2.09. The first-order valence-electron chi connectivity index (χ1n) is 8.64. The summed E-state index contributed by atoms with van der Waals surface area (Å²) in [5.74, 6) is -0.427. The number of thioether (sulfide) groups is 1. The molecule has 1 N–H and O–H groups in total. The average Bonchev–Trinajstić information content (AvgIpc) is 2.65. The lowest BCUT2D eigenvalue weighted by atomic mass is 10.2. The number of anilines is 1. The van der Waals surface area contributed by atoms with Crippen molar-refractivity contribution in [3.63, 3.8) is 0 Å². The summed E-state index contributed by atoms with van der Waals surface area (Å²) in [5.41, 5.74) is 0.148. The fourth-order valence-corrected chi connectivity index (χ4v) is 4.83. The van der Waals surface area contributed by atoms with E-state index in [0.717, 1.165) is 21.5 Å². The first kappa shape index (κ1) is 22.5. The van der Waals surface area contributed by atoms with Crippen LogP contribution in [0.25, 0.3) is 0 Å². The van der Waals surface area contributed by atoms with Crippen molar-refractivity contribution in [1.82, 2.24) is 5.32 Å². The van der Waals surface area contributed by atoms with E-state index in [-0.39, 0.29) is 17.1 Å². The molecular formula is C19H22ClFN2O3S2. The quantitative estimate of drug-likeness (QED) is 0.470. The highest BCUT2D eigenvalue weighted by Gasteiger charge is 2.31. The Morgan fingerprint density at radius 3 is 2.50 bits per heavy atom. The SMILES string of the molecule is CCC(C(=O)NCCSc1ccccc1)N(c1ccc(F)c(Cl)c1)S(C)(=O)=O. The van der Waals surface area contributed by atoms with Crippen LogP contribution < -0.4 is 9.62 Å². The van der Waals surface area contributed by atoms with Crippen molar-refractivity contribution >= 4 is 45.0 Å². The van der Waals surface area contributed by atoms with Gasteiger partial charge in [0.05, 0.1) is 17.0 Å². The van der Waals surface area contributed by atoms with E-state index in [0.29, 0.717) is 12.3 Å². The van der Waals surface area contributed by atoms with E-state index in [2.05, 4.69) is 5.32 Å². The van der Waals surface area contributed by atoms with Gasteiger partial charge in [0, 0.05) is 17.2 Å². The smallest absolute Gasteiger partial charge is 0.243 e. The minimum absolute atomic E-state index is 0.148. The fourth-order valence-electron chi connectivity index (χ4n) is 2.66. The monoisotopic (exact) mass is 444 g/mol. The Morgan fingerprint density at radius 2 is 1.93 bits per heavy atom. The molecule has 2 rings (SSSR count). The van der Waals surface area contributed by atoms with Gasteiger partial charge in [-0.3, -0.25) is 9.10 Å². The summed E-state index contributed by atoms with van der Waals surface area (Å²) < 4.78 is 39.2. The molecule has 0 aliphatic carbocycles. The molecule has 0 fully saturated rings. The number of carbonyl (C=O) groups excluding carboxylic acids is 1. The van der Waals surface area contributed by atoms with Crippen LogP contribution in [0.1, 0.15) is 13.3 Å². The zero-order chi connectivity index (χ0) is 20.7. The molecule has 1 unspecified atom stereocenters. The summed E-state index contributed by atoms with van der Waals surface area (Å²) >= 11 is 7.39. The van der Waals surface area contributed by atoms with Gasteiger partial charge in [-0.1, -0.05) is 36.7 Å². The maximum Gasteiger partial charge on any atom is 0.243 e. The summed E-state index contributed by atoms with van der Waals surface area (Å²) in [7, 11) is -3.79. The Labute approximate surface area is 174 Å². The third-order valence-electron chi connectivity index (χ3n) is 3.90. The number of halogens is 2. The van der Waals surface area contributed by atoms with Crippen LogP contribution in [0.15, 0.2) is 53.4 Å². The number of sulfonamides is 1. The normalized spacial score (nSPS) is 12.4. The van der Waals surface area contributed by atoms with Gasteiger partial charge in [-0.05, 0) is 36.8 Å². The van der Waals surface area contributed by atoms with Crippen molar-refractivity contribution < 1.29 is 17.6 Å². The van der Waals surface area contributed by atoms with Crippen LogP contribution >= 0.6 is 23.4 Å². The molecule has 28 heavy (non-hydrogen) atoms. The van der Waals surface area contributed by atoms with Crippen LogP contribution in [0.5, 0.6) is 0 Å². The van der Waals surface area contributed by atoms with Gasteiger partial charge >= 0.3 is 0 Å². The largest absolute Gasteiger partial charge is 0.353 e. The number of hydrogen-bond donors (Lipinski definition) is 1. The first-order chi connectivity index (χ1) is 13.2. The average molecular weight is 445 g/mol. The van der Waals surface area contributed by atoms with Gasteiger partial charge < -0.3 is 5.32 Å². The number of carbonyl (C=O) groups is 1. The van der Waals surface area contributed by atoms with Crippen molar-refractivity contribution in [3.05, 3.63) is 59.4 Å². The van der Waals surface area contributed by atoms with Crippen LogP contribution in [-0.2, 0) is 14.8 Å². The van der Waals surface area contributed by atoms with E-state index in [1.807, 2.05) is 30.3 Å². The minimum atomic E-state index is -3.79. The molecule has 0 aromatic heterocycles. The van der Waals surface area contributed by atoms with Gasteiger partial charge in [0.15, 0.2) is 0 Å². The van der Waals surface area contributed by atoms with Gasteiger partial charge in [0.1, 0.15) is 11.9 Å². The highest BCUT2D eigenvalue weighted by Crippen LogP contribution is 2.27. The molecule has 0 heterocycles. The highest BCUT2D eigenvalue weighted by molar-refractivity contribution is 7.99. The van der Waals surface area contributed by atoms with Crippen LogP contribution in [-0.4, -0.2) is 38.9 Å². The number of nitrogens with zero attached hydrogens (tertiary/aromatic N) is 1. The minimum Gasteiger partial charge on any atom is -0.353 e. The summed E-state index contributed by atoms with van der Waals surface area (Å²) in [4.78, 5) is 13.8. The fraction of sp³-hybridized carbons (Fsp3) is 0.316. The number of hydrogen-bond acceptors (Lipinski definition) is 4. The predicted octanol–water partition coefficient (Wildman–Crippen LogP) is 3.93. The zero-order valence-corrected chi connectivity index (χ0v) is 18.0.